The van der Waals surface area contributed by atoms with Crippen molar-refractivity contribution >= 4 is 40.2 Å². The number of pyridine rings is 2. The maximum Gasteiger partial charge on any atom is 0.414 e. The van der Waals surface area contributed by atoms with Gasteiger partial charge < -0.3 is 34.1 Å². The van der Waals surface area contributed by atoms with E-state index >= 15 is 0 Å². The Morgan fingerprint density at radius 2 is 1.88 bits per heavy atom. The minimum absolute atomic E-state index is 0.0769. The van der Waals surface area contributed by atoms with Crippen molar-refractivity contribution in [1.82, 2.24) is 24.9 Å². The van der Waals surface area contributed by atoms with E-state index in [1.54, 1.807) is 50.8 Å². The molecule has 0 bridgehead atoms. The number of ether oxygens (including phenoxy) is 2. The van der Waals surface area contributed by atoms with Crippen LogP contribution in [0.15, 0.2) is 33.7 Å². The number of amides is 2. The third-order valence-electron chi connectivity index (χ3n) is 7.80. The van der Waals surface area contributed by atoms with E-state index in [2.05, 4.69) is 32.7 Å². The zero-order valence-electron chi connectivity index (χ0n) is 25.0. The largest absolute Gasteiger partial charge is 0.443 e. The second-order valence-electron chi connectivity index (χ2n) is 12.0. The Morgan fingerprint density at radius 3 is 2.52 bits per heavy atom. The maximum absolute atomic E-state index is 13.5. The number of anilines is 3. The molecule has 5 rings (SSSR count). The first-order chi connectivity index (χ1) is 19.9. The van der Waals surface area contributed by atoms with E-state index in [9.17, 15) is 14.4 Å². The van der Waals surface area contributed by atoms with E-state index in [-0.39, 0.29) is 46.4 Å². The Bertz CT molecular complexity index is 1520. The second kappa shape index (κ2) is 11.7. The summed E-state index contributed by atoms with van der Waals surface area (Å²) in [4.78, 5) is 47.9. The molecule has 13 heteroatoms. The van der Waals surface area contributed by atoms with Crippen LogP contribution in [0.5, 0.6) is 0 Å². The summed E-state index contributed by atoms with van der Waals surface area (Å²) >= 11 is 0. The third kappa shape index (κ3) is 6.12. The SMILES string of the molecule is CO[C@@H]1CC[C@H]1NC(=O)c1onc2c(N(C)C(=O)OC(C)(C)C)cc(Nc3cccn(C4CCN(C)CC4)c3=O)nc12. The molecule has 3 aromatic rings. The van der Waals surface area contributed by atoms with Gasteiger partial charge in [0.05, 0.1) is 17.8 Å². The molecule has 226 valence electrons. The number of likely N-dealkylation sites (tertiary alicyclic amines) is 1. The van der Waals surface area contributed by atoms with Gasteiger partial charge in [-0.2, -0.15) is 0 Å². The summed E-state index contributed by atoms with van der Waals surface area (Å²) in [5, 5.41) is 10.1. The van der Waals surface area contributed by atoms with E-state index in [0.29, 0.717) is 11.4 Å². The Kier molecular flexibility index (Phi) is 8.24. The molecule has 2 fully saturated rings. The molecule has 0 spiro atoms. The molecule has 2 amide bonds. The Hall–Kier alpha value is -3.97. The molecule has 1 aliphatic heterocycles. The predicted molar refractivity (Wildman–Crippen MR) is 157 cm³/mol. The van der Waals surface area contributed by atoms with Gasteiger partial charge in [0.1, 0.15) is 22.6 Å². The van der Waals surface area contributed by atoms with Gasteiger partial charge in [-0.05, 0) is 78.7 Å². The highest BCUT2D eigenvalue weighted by Crippen LogP contribution is 2.32. The van der Waals surface area contributed by atoms with Crippen LogP contribution in [0.2, 0.25) is 0 Å². The third-order valence-corrected chi connectivity index (χ3v) is 7.80. The van der Waals surface area contributed by atoms with E-state index in [4.69, 9.17) is 14.0 Å². The van der Waals surface area contributed by atoms with Gasteiger partial charge in [-0.3, -0.25) is 14.5 Å². The number of aromatic nitrogens is 3. The van der Waals surface area contributed by atoms with Crippen molar-refractivity contribution in [2.45, 2.75) is 70.2 Å². The zero-order chi connectivity index (χ0) is 30.2. The summed E-state index contributed by atoms with van der Waals surface area (Å²) in [5.74, 6) is -0.364. The minimum atomic E-state index is -0.739. The van der Waals surface area contributed by atoms with Crippen molar-refractivity contribution in [3.63, 3.8) is 0 Å². The molecule has 3 aromatic heterocycles. The molecular formula is C29H39N7O6. The fourth-order valence-corrected chi connectivity index (χ4v) is 5.26. The standard InChI is InChI=1S/C29H39N7O6/c1-29(2,3)41-28(39)35(5)20-16-22(30-19-8-7-13-36(27(19)38)17-11-14-34(4)15-12-17)32-24-23(20)33-42-25(24)26(37)31-18-9-10-21(18)40-6/h7-8,13,16-18,21H,9-12,14-15H2,1-6H3,(H,30,32)(H,31,37)/t18-,21-/m1/s1. The number of fused-ring (bicyclic) bond motifs is 1. The lowest BCUT2D eigenvalue weighted by Crippen LogP contribution is -2.51. The number of hydrogen-bond acceptors (Lipinski definition) is 10. The molecule has 13 nitrogen and oxygen atoms in total. The number of carbonyl (C=O) groups excluding carboxylic acids is 2. The molecule has 4 heterocycles. The van der Waals surface area contributed by atoms with Crippen molar-refractivity contribution in [2.75, 3.05) is 44.5 Å². The zero-order valence-corrected chi connectivity index (χ0v) is 25.0. The van der Waals surface area contributed by atoms with Crippen molar-refractivity contribution < 1.29 is 23.6 Å². The van der Waals surface area contributed by atoms with Crippen molar-refractivity contribution in [3.05, 3.63) is 40.5 Å². The molecule has 0 unspecified atom stereocenters. The average Bonchev–Trinajstić information content (AvgIpc) is 3.35. The summed E-state index contributed by atoms with van der Waals surface area (Å²) in [7, 11) is 5.22. The molecular weight excluding hydrogens is 542 g/mol. The molecule has 1 aliphatic carbocycles. The summed E-state index contributed by atoms with van der Waals surface area (Å²) in [5.41, 5.74) is 0.0286. The molecule has 1 saturated heterocycles. The lowest BCUT2D eigenvalue weighted by molar-refractivity contribution is 0.00677. The van der Waals surface area contributed by atoms with Crippen LogP contribution in [0.4, 0.5) is 22.0 Å². The number of piperidine rings is 1. The number of carbonyl (C=O) groups is 2. The fraction of sp³-hybridized carbons (Fsp3) is 0.552. The van der Waals surface area contributed by atoms with E-state index < -0.39 is 17.6 Å². The highest BCUT2D eigenvalue weighted by molar-refractivity contribution is 6.07. The van der Waals surface area contributed by atoms with Gasteiger partial charge in [0, 0.05) is 32.5 Å². The summed E-state index contributed by atoms with van der Waals surface area (Å²) in [6.45, 7) is 7.13. The molecule has 2 atom stereocenters. The van der Waals surface area contributed by atoms with Gasteiger partial charge in [0.2, 0.25) is 5.76 Å². The van der Waals surface area contributed by atoms with Crippen LogP contribution in [0.25, 0.3) is 11.0 Å². The van der Waals surface area contributed by atoms with Crippen LogP contribution in [0, 0.1) is 0 Å². The quantitative estimate of drug-likeness (QED) is 0.424. The van der Waals surface area contributed by atoms with Crippen LogP contribution < -0.4 is 21.1 Å². The van der Waals surface area contributed by atoms with Crippen LogP contribution in [-0.4, -0.2) is 83.6 Å². The number of nitrogens with zero attached hydrogens (tertiary/aromatic N) is 5. The van der Waals surface area contributed by atoms with Gasteiger partial charge in [0.25, 0.3) is 11.5 Å². The molecule has 1 saturated carbocycles. The molecule has 2 N–H and O–H groups in total. The smallest absolute Gasteiger partial charge is 0.414 e. The summed E-state index contributed by atoms with van der Waals surface area (Å²) in [6.07, 6.45) is 4.47. The first-order valence-electron chi connectivity index (χ1n) is 14.2. The summed E-state index contributed by atoms with van der Waals surface area (Å²) in [6, 6.07) is 5.01. The number of nitrogens with one attached hydrogen (secondary N) is 2. The van der Waals surface area contributed by atoms with Gasteiger partial charge >= 0.3 is 6.09 Å². The molecule has 42 heavy (non-hydrogen) atoms. The van der Waals surface area contributed by atoms with Crippen molar-refractivity contribution in [1.29, 1.82) is 0 Å². The highest BCUT2D eigenvalue weighted by Gasteiger charge is 2.34. The molecule has 0 radical (unpaired) electrons. The van der Waals surface area contributed by atoms with Gasteiger partial charge in [0.15, 0.2) is 5.52 Å². The fourth-order valence-electron chi connectivity index (χ4n) is 5.26. The predicted octanol–water partition coefficient (Wildman–Crippen LogP) is 3.67. The first kappa shape index (κ1) is 29.5. The second-order valence-corrected chi connectivity index (χ2v) is 12.0. The summed E-state index contributed by atoms with van der Waals surface area (Å²) < 4.78 is 18.2. The van der Waals surface area contributed by atoms with Gasteiger partial charge in [-0.15, -0.1) is 0 Å². The van der Waals surface area contributed by atoms with Crippen LogP contribution in [0.1, 0.15) is 63.1 Å². The first-order valence-corrected chi connectivity index (χ1v) is 14.2. The van der Waals surface area contributed by atoms with E-state index in [1.807, 2.05) is 6.07 Å². The van der Waals surface area contributed by atoms with Crippen molar-refractivity contribution in [2.24, 2.45) is 0 Å². The van der Waals surface area contributed by atoms with Crippen LogP contribution >= 0.6 is 0 Å². The monoisotopic (exact) mass is 581 g/mol. The Labute approximate surface area is 244 Å². The minimum Gasteiger partial charge on any atom is -0.443 e. The highest BCUT2D eigenvalue weighted by atomic mass is 16.6. The molecule has 0 aromatic carbocycles. The lowest BCUT2D eigenvalue weighted by atomic mass is 9.89. The topological polar surface area (TPSA) is 144 Å². The van der Waals surface area contributed by atoms with E-state index in [0.717, 1.165) is 38.8 Å². The number of rotatable bonds is 7. The normalized spacial score (nSPS) is 19.8. The van der Waals surface area contributed by atoms with Crippen LogP contribution in [0.3, 0.4) is 0 Å². The molecule has 2 aliphatic rings. The van der Waals surface area contributed by atoms with Crippen LogP contribution in [-0.2, 0) is 9.47 Å². The van der Waals surface area contributed by atoms with Crippen molar-refractivity contribution in [3.8, 4) is 0 Å². The van der Waals surface area contributed by atoms with E-state index in [1.165, 1.54) is 11.9 Å². The van der Waals surface area contributed by atoms with Gasteiger partial charge in [-0.25, -0.2) is 9.78 Å². The maximum atomic E-state index is 13.5. The Morgan fingerprint density at radius 1 is 1.14 bits per heavy atom. The average molecular weight is 582 g/mol. The number of methoxy groups -OCH3 is 1. The lowest BCUT2D eigenvalue weighted by Gasteiger charge is -2.35. The van der Waals surface area contributed by atoms with Gasteiger partial charge in [-0.1, -0.05) is 5.16 Å². The number of hydrogen-bond donors (Lipinski definition) is 2. The Balaban J connectivity index is 1.51.